The van der Waals surface area contributed by atoms with E-state index in [-0.39, 0.29) is 5.66 Å². The first-order valence-corrected chi connectivity index (χ1v) is 9.97. The van der Waals surface area contributed by atoms with E-state index in [9.17, 15) is 0 Å². The van der Waals surface area contributed by atoms with Gasteiger partial charge in [0.15, 0.2) is 0 Å². The minimum Gasteiger partial charge on any atom is -0.339 e. The smallest absolute Gasteiger partial charge is 0.133 e. The Morgan fingerprint density at radius 3 is 2.64 bits per heavy atom. The van der Waals surface area contributed by atoms with Crippen LogP contribution in [0.1, 0.15) is 32.1 Å². The zero-order chi connectivity index (χ0) is 19.0. The van der Waals surface area contributed by atoms with E-state index in [0.29, 0.717) is 0 Å². The molecule has 1 spiro atoms. The molecule has 2 aromatic heterocycles. The van der Waals surface area contributed by atoms with Gasteiger partial charge < -0.3 is 15.1 Å². The number of rotatable bonds is 3. The summed E-state index contributed by atoms with van der Waals surface area (Å²) in [6.07, 6.45) is 19.1. The second-order valence-corrected chi connectivity index (χ2v) is 7.71. The summed E-state index contributed by atoms with van der Waals surface area (Å²) in [5.41, 5.74) is 2.89. The lowest BCUT2D eigenvalue weighted by Gasteiger charge is -2.48. The normalized spacial score (nSPS) is 20.4. The van der Waals surface area contributed by atoms with Gasteiger partial charge in [0.1, 0.15) is 17.8 Å². The van der Waals surface area contributed by atoms with Crippen molar-refractivity contribution >= 4 is 23.1 Å². The zero-order valence-electron chi connectivity index (χ0n) is 15.4. The Morgan fingerprint density at radius 2 is 1.89 bits per heavy atom. The summed E-state index contributed by atoms with van der Waals surface area (Å²) in [5, 5.41) is 4.07. The van der Waals surface area contributed by atoms with Crippen LogP contribution in [0.25, 0.3) is 0 Å². The number of pyridine rings is 1. The van der Waals surface area contributed by atoms with Crippen molar-refractivity contribution < 1.29 is 0 Å². The maximum absolute atomic E-state index is 6.73. The number of anilines is 2. The van der Waals surface area contributed by atoms with Gasteiger partial charge in [-0.1, -0.05) is 18.0 Å². The Morgan fingerprint density at radius 1 is 1.00 bits per heavy atom. The summed E-state index contributed by atoms with van der Waals surface area (Å²) in [5.74, 6) is 0.746. The quantitative estimate of drug-likeness (QED) is 0.824. The van der Waals surface area contributed by atoms with Crippen molar-refractivity contribution in [3.05, 3.63) is 78.0 Å². The average molecular weight is 393 g/mol. The van der Waals surface area contributed by atoms with Crippen LogP contribution in [0.2, 0.25) is 0 Å². The third-order valence-electron chi connectivity index (χ3n) is 5.64. The highest BCUT2D eigenvalue weighted by Gasteiger charge is 2.49. The molecule has 0 amide bonds. The number of nitrogens with one attached hydrogen (secondary N) is 1. The van der Waals surface area contributed by atoms with E-state index in [2.05, 4.69) is 48.5 Å². The molecule has 1 saturated carbocycles. The van der Waals surface area contributed by atoms with Gasteiger partial charge in [-0.3, -0.25) is 4.98 Å². The summed E-state index contributed by atoms with van der Waals surface area (Å²) in [4.78, 5) is 17.3. The van der Waals surface area contributed by atoms with Crippen LogP contribution in [-0.2, 0) is 0 Å². The molecule has 0 radical (unpaired) electrons. The van der Waals surface area contributed by atoms with Crippen molar-refractivity contribution in [3.63, 3.8) is 0 Å². The molecule has 0 aromatic carbocycles. The van der Waals surface area contributed by atoms with Gasteiger partial charge >= 0.3 is 0 Å². The lowest BCUT2D eigenvalue weighted by atomic mass is 9.86. The standard InChI is InChI=1S/C21H21ClN6/c22-18-11-16(26-20-6-10-24-15-25-20)13-28-19(18)14-27(17-5-4-9-23-12-17)21(28)7-2-1-3-8-21/h4-6,9-15H,1-3,7-8H2,(H,24,25,26). The molecule has 28 heavy (non-hydrogen) atoms. The molecule has 4 heterocycles. The summed E-state index contributed by atoms with van der Waals surface area (Å²) >= 11 is 6.73. The molecule has 2 aromatic rings. The molecule has 1 fully saturated rings. The molecule has 0 saturated heterocycles. The first-order chi connectivity index (χ1) is 13.8. The van der Waals surface area contributed by atoms with E-state index in [4.69, 9.17) is 11.6 Å². The van der Waals surface area contributed by atoms with Gasteiger partial charge in [-0.25, -0.2) is 9.97 Å². The Labute approximate surface area is 169 Å². The maximum atomic E-state index is 6.73. The molecule has 0 atom stereocenters. The number of hydrogen-bond acceptors (Lipinski definition) is 6. The van der Waals surface area contributed by atoms with Gasteiger partial charge in [-0.05, 0) is 50.0 Å². The van der Waals surface area contributed by atoms with Crippen LogP contribution >= 0.6 is 11.6 Å². The maximum Gasteiger partial charge on any atom is 0.133 e. The van der Waals surface area contributed by atoms with E-state index in [1.54, 1.807) is 6.20 Å². The van der Waals surface area contributed by atoms with Crippen molar-refractivity contribution in [2.24, 2.45) is 0 Å². The SMILES string of the molecule is ClC1=CC(Nc2ccncn2)=CN2C1=CN(c1cccnc1)C21CCCCC1. The van der Waals surface area contributed by atoms with Gasteiger partial charge in [0.05, 0.1) is 28.3 Å². The molecule has 2 aliphatic heterocycles. The molecule has 0 unspecified atom stereocenters. The van der Waals surface area contributed by atoms with Gasteiger partial charge in [-0.15, -0.1) is 0 Å². The van der Waals surface area contributed by atoms with Crippen LogP contribution in [-0.4, -0.2) is 25.5 Å². The Bertz CT molecular complexity index is 947. The molecule has 1 N–H and O–H groups in total. The molecule has 6 nitrogen and oxygen atoms in total. The van der Waals surface area contributed by atoms with Gasteiger partial charge in [0, 0.05) is 24.8 Å². The summed E-state index contributed by atoms with van der Waals surface area (Å²) in [6, 6.07) is 5.94. The van der Waals surface area contributed by atoms with Crippen LogP contribution in [0, 0.1) is 0 Å². The number of aromatic nitrogens is 3. The summed E-state index contributed by atoms with van der Waals surface area (Å²) in [7, 11) is 0. The predicted octanol–water partition coefficient (Wildman–Crippen LogP) is 4.59. The molecule has 5 rings (SSSR count). The second kappa shape index (κ2) is 6.95. The van der Waals surface area contributed by atoms with Crippen LogP contribution in [0.3, 0.4) is 0 Å². The fourth-order valence-corrected chi connectivity index (χ4v) is 4.65. The highest BCUT2D eigenvalue weighted by Crippen LogP contribution is 2.49. The largest absolute Gasteiger partial charge is 0.339 e. The molecular weight excluding hydrogens is 372 g/mol. The topological polar surface area (TPSA) is 57.2 Å². The van der Waals surface area contributed by atoms with Crippen molar-refractivity contribution in [3.8, 4) is 0 Å². The minimum atomic E-state index is -0.149. The van der Waals surface area contributed by atoms with Crippen LogP contribution in [0.4, 0.5) is 11.5 Å². The summed E-state index contributed by atoms with van der Waals surface area (Å²) < 4.78 is 0. The van der Waals surface area contributed by atoms with E-state index in [0.717, 1.165) is 40.8 Å². The van der Waals surface area contributed by atoms with Gasteiger partial charge in [-0.2, -0.15) is 0 Å². The number of nitrogens with zero attached hydrogens (tertiary/aromatic N) is 5. The van der Waals surface area contributed by atoms with Crippen molar-refractivity contribution in [1.82, 2.24) is 19.9 Å². The molecule has 7 heteroatoms. The first kappa shape index (κ1) is 17.3. The monoisotopic (exact) mass is 392 g/mol. The van der Waals surface area contributed by atoms with Crippen LogP contribution in [0.5, 0.6) is 0 Å². The zero-order valence-corrected chi connectivity index (χ0v) is 16.2. The van der Waals surface area contributed by atoms with E-state index in [1.807, 2.05) is 30.6 Å². The fraction of sp³-hybridized carbons (Fsp3) is 0.286. The molecule has 142 valence electrons. The number of fused-ring (bicyclic) bond motifs is 2. The fourth-order valence-electron chi connectivity index (χ4n) is 4.39. The van der Waals surface area contributed by atoms with Crippen LogP contribution in [0.15, 0.2) is 78.0 Å². The number of hydrogen-bond donors (Lipinski definition) is 1. The third kappa shape index (κ3) is 2.85. The van der Waals surface area contributed by atoms with Crippen LogP contribution < -0.4 is 10.2 Å². The number of halogens is 1. The lowest BCUT2D eigenvalue weighted by molar-refractivity contribution is 0.152. The Hall–Kier alpha value is -2.86. The highest BCUT2D eigenvalue weighted by atomic mass is 35.5. The molecule has 3 aliphatic rings. The van der Waals surface area contributed by atoms with Gasteiger partial charge in [0.2, 0.25) is 0 Å². The van der Waals surface area contributed by atoms with Crippen molar-refractivity contribution in [2.45, 2.75) is 37.8 Å². The third-order valence-corrected chi connectivity index (χ3v) is 5.94. The second-order valence-electron chi connectivity index (χ2n) is 7.31. The number of allylic oxidation sites excluding steroid dienone is 2. The minimum absolute atomic E-state index is 0.149. The average Bonchev–Trinajstić information content (AvgIpc) is 3.04. The lowest BCUT2D eigenvalue weighted by Crippen LogP contribution is -2.54. The van der Waals surface area contributed by atoms with E-state index in [1.165, 1.54) is 25.6 Å². The predicted molar refractivity (Wildman–Crippen MR) is 110 cm³/mol. The Kier molecular flexibility index (Phi) is 4.28. The van der Waals surface area contributed by atoms with E-state index < -0.39 is 0 Å². The molecular formula is C21H21ClN6. The molecule has 0 bridgehead atoms. The van der Waals surface area contributed by atoms with Crippen molar-refractivity contribution in [1.29, 1.82) is 0 Å². The highest BCUT2D eigenvalue weighted by molar-refractivity contribution is 6.32. The Balaban J connectivity index is 1.55. The van der Waals surface area contributed by atoms with E-state index >= 15 is 0 Å². The first-order valence-electron chi connectivity index (χ1n) is 9.59. The molecule has 1 aliphatic carbocycles. The van der Waals surface area contributed by atoms with Gasteiger partial charge in [0.25, 0.3) is 0 Å². The summed E-state index contributed by atoms with van der Waals surface area (Å²) in [6.45, 7) is 0. The van der Waals surface area contributed by atoms with Crippen molar-refractivity contribution in [2.75, 3.05) is 10.2 Å².